The average Bonchev–Trinajstić information content (AvgIpc) is 2.73. The zero-order valence-electron chi connectivity index (χ0n) is 16.9. The van der Waals surface area contributed by atoms with E-state index in [0.29, 0.717) is 34.6 Å². The molecule has 2 amide bonds. The molecule has 30 heavy (non-hydrogen) atoms. The van der Waals surface area contributed by atoms with E-state index in [2.05, 4.69) is 0 Å². The number of ether oxygens (including phenoxy) is 2. The quantitative estimate of drug-likeness (QED) is 0.669. The van der Waals surface area contributed by atoms with Gasteiger partial charge in [-0.2, -0.15) is 0 Å². The smallest absolute Gasteiger partial charge is 0.260 e. The fraction of sp³-hybridized carbons (Fsp3) is 0.364. The molecule has 1 aliphatic rings. The van der Waals surface area contributed by atoms with Gasteiger partial charge in [-0.1, -0.05) is 23.2 Å². The first-order valence-corrected chi connectivity index (χ1v) is 10.4. The Morgan fingerprint density at radius 3 is 1.43 bits per heavy atom. The molecule has 0 saturated carbocycles. The molecule has 0 aromatic heterocycles. The standard InChI is InChI=1S/C22H24Cl2N2O4/c1-15-11-26(22(28)14-30-20-9-5-18(24)6-10-20)16(2)12-25(15)21(27)13-29-19-7-3-17(23)4-8-19/h3-10,15-16H,11-14H2,1-2H3/t15-,16-/m0/s1. The molecular formula is C22H24Cl2N2O4. The summed E-state index contributed by atoms with van der Waals surface area (Å²) in [5.41, 5.74) is 0. The van der Waals surface area contributed by atoms with Crippen molar-refractivity contribution in [3.63, 3.8) is 0 Å². The first-order chi connectivity index (χ1) is 14.3. The molecule has 8 heteroatoms. The minimum absolute atomic E-state index is 0.0632. The monoisotopic (exact) mass is 450 g/mol. The third-order valence-electron chi connectivity index (χ3n) is 4.98. The summed E-state index contributed by atoms with van der Waals surface area (Å²) in [6.45, 7) is 4.60. The Bertz CT molecular complexity index is 800. The van der Waals surface area contributed by atoms with Gasteiger partial charge >= 0.3 is 0 Å². The van der Waals surface area contributed by atoms with Gasteiger partial charge in [-0.25, -0.2) is 0 Å². The van der Waals surface area contributed by atoms with Crippen molar-refractivity contribution in [1.29, 1.82) is 0 Å². The van der Waals surface area contributed by atoms with Crippen molar-refractivity contribution in [3.05, 3.63) is 58.6 Å². The Morgan fingerprint density at radius 1 is 0.767 bits per heavy atom. The second-order valence-corrected chi connectivity index (χ2v) is 8.15. The van der Waals surface area contributed by atoms with Gasteiger partial charge in [0.05, 0.1) is 0 Å². The molecule has 1 saturated heterocycles. The highest BCUT2D eigenvalue weighted by Gasteiger charge is 2.34. The second kappa shape index (κ2) is 10.0. The van der Waals surface area contributed by atoms with Gasteiger partial charge in [-0.05, 0) is 62.4 Å². The van der Waals surface area contributed by atoms with Crippen molar-refractivity contribution in [3.8, 4) is 11.5 Å². The number of amides is 2. The predicted molar refractivity (Wildman–Crippen MR) is 116 cm³/mol. The largest absolute Gasteiger partial charge is 0.484 e. The maximum absolute atomic E-state index is 12.6. The van der Waals surface area contributed by atoms with Crippen molar-refractivity contribution >= 4 is 35.0 Å². The van der Waals surface area contributed by atoms with Gasteiger partial charge < -0.3 is 19.3 Å². The van der Waals surface area contributed by atoms with Gasteiger partial charge in [-0.3, -0.25) is 9.59 Å². The molecule has 160 valence electrons. The molecule has 1 aliphatic heterocycles. The van der Waals surface area contributed by atoms with Crippen LogP contribution in [0, 0.1) is 0 Å². The van der Waals surface area contributed by atoms with Crippen LogP contribution in [0.2, 0.25) is 10.0 Å². The highest BCUT2D eigenvalue weighted by atomic mass is 35.5. The number of nitrogens with zero attached hydrogens (tertiary/aromatic N) is 2. The number of carbonyl (C=O) groups excluding carboxylic acids is 2. The van der Waals surface area contributed by atoms with E-state index in [1.165, 1.54) is 0 Å². The third-order valence-corrected chi connectivity index (χ3v) is 5.48. The van der Waals surface area contributed by atoms with E-state index in [1.807, 2.05) is 13.8 Å². The van der Waals surface area contributed by atoms with Gasteiger partial charge in [0.25, 0.3) is 11.8 Å². The Morgan fingerprint density at radius 2 is 1.10 bits per heavy atom. The molecule has 0 spiro atoms. The SMILES string of the molecule is C[C@H]1CN(C(=O)COc2ccc(Cl)cc2)[C@@H](C)CN1C(=O)COc1ccc(Cl)cc1. The fourth-order valence-corrected chi connectivity index (χ4v) is 3.59. The molecular weight excluding hydrogens is 427 g/mol. The van der Waals surface area contributed by atoms with E-state index < -0.39 is 0 Å². The highest BCUT2D eigenvalue weighted by molar-refractivity contribution is 6.30. The van der Waals surface area contributed by atoms with Crippen molar-refractivity contribution in [2.24, 2.45) is 0 Å². The Kier molecular flexibility index (Phi) is 7.45. The third kappa shape index (κ3) is 5.80. The molecule has 1 heterocycles. The van der Waals surface area contributed by atoms with E-state index in [1.54, 1.807) is 58.3 Å². The minimum atomic E-state index is -0.123. The van der Waals surface area contributed by atoms with Gasteiger partial charge in [0, 0.05) is 35.2 Å². The van der Waals surface area contributed by atoms with Gasteiger partial charge in [0.2, 0.25) is 0 Å². The average molecular weight is 451 g/mol. The van der Waals surface area contributed by atoms with E-state index in [9.17, 15) is 9.59 Å². The zero-order valence-corrected chi connectivity index (χ0v) is 18.4. The summed E-state index contributed by atoms with van der Waals surface area (Å²) in [6.07, 6.45) is 0. The number of hydrogen-bond acceptors (Lipinski definition) is 4. The van der Waals surface area contributed by atoms with Crippen molar-refractivity contribution in [2.45, 2.75) is 25.9 Å². The summed E-state index contributed by atoms with van der Waals surface area (Å²) in [5.74, 6) is 0.936. The first kappa shape index (κ1) is 22.2. The Hall–Kier alpha value is -2.44. The van der Waals surface area contributed by atoms with Crippen LogP contribution in [-0.4, -0.2) is 60.0 Å². The van der Waals surface area contributed by atoms with Crippen molar-refractivity contribution in [2.75, 3.05) is 26.3 Å². The summed E-state index contributed by atoms with van der Waals surface area (Å²) >= 11 is 11.7. The lowest BCUT2D eigenvalue weighted by Crippen LogP contribution is -2.60. The van der Waals surface area contributed by atoms with Crippen LogP contribution < -0.4 is 9.47 Å². The molecule has 1 fully saturated rings. The summed E-state index contributed by atoms with van der Waals surface area (Å²) in [7, 11) is 0. The van der Waals surface area contributed by atoms with Crippen LogP contribution in [0.4, 0.5) is 0 Å². The van der Waals surface area contributed by atoms with Crippen LogP contribution >= 0.6 is 23.2 Å². The van der Waals surface area contributed by atoms with Crippen molar-refractivity contribution in [1.82, 2.24) is 9.80 Å². The van der Waals surface area contributed by atoms with Crippen LogP contribution in [-0.2, 0) is 9.59 Å². The highest BCUT2D eigenvalue weighted by Crippen LogP contribution is 2.19. The van der Waals surface area contributed by atoms with Crippen LogP contribution in [0.15, 0.2) is 48.5 Å². The zero-order chi connectivity index (χ0) is 21.7. The summed E-state index contributed by atoms with van der Waals surface area (Å²) in [5, 5.41) is 1.22. The number of rotatable bonds is 6. The van der Waals surface area contributed by atoms with Crippen LogP contribution in [0.5, 0.6) is 11.5 Å². The molecule has 0 N–H and O–H groups in total. The number of hydrogen-bond donors (Lipinski definition) is 0. The molecule has 2 atom stereocenters. The van der Waals surface area contributed by atoms with E-state index >= 15 is 0 Å². The van der Waals surface area contributed by atoms with Crippen LogP contribution in [0.1, 0.15) is 13.8 Å². The lowest BCUT2D eigenvalue weighted by molar-refractivity contribution is -0.148. The summed E-state index contributed by atoms with van der Waals surface area (Å²) in [6, 6.07) is 13.5. The lowest BCUT2D eigenvalue weighted by Gasteiger charge is -2.44. The Labute approximate surface area is 186 Å². The first-order valence-electron chi connectivity index (χ1n) is 9.69. The number of piperazine rings is 1. The molecule has 3 rings (SSSR count). The van der Waals surface area contributed by atoms with Gasteiger partial charge in [-0.15, -0.1) is 0 Å². The van der Waals surface area contributed by atoms with E-state index in [0.717, 1.165) is 0 Å². The minimum Gasteiger partial charge on any atom is -0.484 e. The van der Waals surface area contributed by atoms with Gasteiger partial charge in [0.1, 0.15) is 11.5 Å². The van der Waals surface area contributed by atoms with Crippen LogP contribution in [0.3, 0.4) is 0 Å². The molecule has 0 bridgehead atoms. The number of halogens is 2. The molecule has 2 aromatic rings. The van der Waals surface area contributed by atoms with E-state index in [-0.39, 0.29) is 37.1 Å². The second-order valence-electron chi connectivity index (χ2n) is 7.28. The molecule has 0 radical (unpaired) electrons. The maximum Gasteiger partial charge on any atom is 0.260 e. The summed E-state index contributed by atoms with van der Waals surface area (Å²) in [4.78, 5) is 28.8. The summed E-state index contributed by atoms with van der Waals surface area (Å²) < 4.78 is 11.1. The normalized spacial score (nSPS) is 18.8. The van der Waals surface area contributed by atoms with E-state index in [4.69, 9.17) is 32.7 Å². The predicted octanol–water partition coefficient (Wildman–Crippen LogP) is 3.90. The van der Waals surface area contributed by atoms with Crippen molar-refractivity contribution < 1.29 is 19.1 Å². The topological polar surface area (TPSA) is 59.1 Å². The van der Waals surface area contributed by atoms with Gasteiger partial charge in [0.15, 0.2) is 13.2 Å². The number of carbonyl (C=O) groups is 2. The lowest BCUT2D eigenvalue weighted by atomic mass is 10.1. The Balaban J connectivity index is 1.50. The fourth-order valence-electron chi connectivity index (χ4n) is 3.34. The van der Waals surface area contributed by atoms with Crippen LogP contribution in [0.25, 0.3) is 0 Å². The maximum atomic E-state index is 12.6. The molecule has 6 nitrogen and oxygen atoms in total. The molecule has 2 aromatic carbocycles. The number of benzene rings is 2. The molecule has 0 unspecified atom stereocenters. The molecule has 0 aliphatic carbocycles.